The number of amides is 2. The zero-order chi connectivity index (χ0) is 13.5. The second kappa shape index (κ2) is 6.37. The largest absolute Gasteiger partial charge is 0.384 e. The van der Waals surface area contributed by atoms with Gasteiger partial charge in [0.25, 0.3) is 5.91 Å². The fourth-order valence-electron chi connectivity index (χ4n) is 1.22. The van der Waals surface area contributed by atoms with Gasteiger partial charge in [0.1, 0.15) is 12.4 Å². The van der Waals surface area contributed by atoms with E-state index >= 15 is 0 Å². The van der Waals surface area contributed by atoms with Gasteiger partial charge in [-0.05, 0) is 18.2 Å². The summed E-state index contributed by atoms with van der Waals surface area (Å²) in [5.41, 5.74) is 5.13. The lowest BCUT2D eigenvalue weighted by molar-refractivity contribution is -0.117. The molecule has 1 aromatic rings. The van der Waals surface area contributed by atoms with E-state index in [2.05, 4.69) is 17.2 Å². The monoisotopic (exact) mass is 250 g/mol. The maximum Gasteiger partial charge on any atom is 0.252 e. The number of aliphatic hydroxyl groups is 1. The molecule has 94 valence electrons. The number of hydrogen-bond donors (Lipinski definition) is 3. The summed E-state index contributed by atoms with van der Waals surface area (Å²) in [6, 6.07) is 3.41. The second-order valence-electron chi connectivity index (χ2n) is 3.30. The molecular weight excluding hydrogens is 239 g/mol. The van der Waals surface area contributed by atoms with Crippen LogP contribution in [0.15, 0.2) is 18.2 Å². The van der Waals surface area contributed by atoms with Crippen LogP contribution in [0.4, 0.5) is 4.39 Å². The minimum Gasteiger partial charge on any atom is -0.384 e. The van der Waals surface area contributed by atoms with Crippen LogP contribution in [-0.4, -0.2) is 30.1 Å². The zero-order valence-corrected chi connectivity index (χ0v) is 9.37. The Labute approximate surface area is 103 Å². The summed E-state index contributed by atoms with van der Waals surface area (Å²) >= 11 is 0. The molecule has 6 heteroatoms. The molecule has 5 nitrogen and oxygen atoms in total. The van der Waals surface area contributed by atoms with Crippen LogP contribution in [0.1, 0.15) is 15.9 Å². The molecule has 18 heavy (non-hydrogen) atoms. The standard InChI is InChI=1S/C12H11FN2O3/c13-9-3-4-10(8(6-9)2-1-5-16)12(18)15-7-11(14)17/h3-4,6,16H,5,7H2,(H2,14,17)(H,15,18). The topological polar surface area (TPSA) is 92.4 Å². The molecule has 0 radical (unpaired) electrons. The third-order valence-corrected chi connectivity index (χ3v) is 1.95. The van der Waals surface area contributed by atoms with Crippen molar-refractivity contribution in [3.8, 4) is 11.8 Å². The van der Waals surface area contributed by atoms with Gasteiger partial charge in [-0.2, -0.15) is 0 Å². The Kier molecular flexibility index (Phi) is 4.84. The first-order chi connectivity index (χ1) is 8.54. The van der Waals surface area contributed by atoms with Crippen molar-refractivity contribution in [2.75, 3.05) is 13.2 Å². The van der Waals surface area contributed by atoms with Crippen LogP contribution in [0.2, 0.25) is 0 Å². The number of rotatable bonds is 3. The molecule has 0 aliphatic rings. The second-order valence-corrected chi connectivity index (χ2v) is 3.30. The van der Waals surface area contributed by atoms with E-state index in [0.717, 1.165) is 12.1 Å². The lowest BCUT2D eigenvalue weighted by Crippen LogP contribution is -2.33. The van der Waals surface area contributed by atoms with Crippen LogP contribution < -0.4 is 11.1 Å². The van der Waals surface area contributed by atoms with Crippen LogP contribution in [0.3, 0.4) is 0 Å². The number of primary amides is 1. The summed E-state index contributed by atoms with van der Waals surface area (Å²) in [5.74, 6) is 2.95. The molecule has 1 aromatic carbocycles. The molecule has 0 bridgehead atoms. The summed E-state index contributed by atoms with van der Waals surface area (Å²) in [7, 11) is 0. The normalized spacial score (nSPS) is 9.22. The van der Waals surface area contributed by atoms with E-state index < -0.39 is 24.2 Å². The number of nitrogens with two attached hydrogens (primary N) is 1. The molecule has 0 saturated heterocycles. The van der Waals surface area contributed by atoms with Crippen molar-refractivity contribution in [2.24, 2.45) is 5.73 Å². The average molecular weight is 250 g/mol. The van der Waals surface area contributed by atoms with Crippen molar-refractivity contribution < 1.29 is 19.1 Å². The van der Waals surface area contributed by atoms with E-state index in [4.69, 9.17) is 10.8 Å². The Bertz CT molecular complexity index is 532. The lowest BCUT2D eigenvalue weighted by atomic mass is 10.1. The Morgan fingerprint density at radius 1 is 1.44 bits per heavy atom. The highest BCUT2D eigenvalue weighted by Crippen LogP contribution is 2.10. The molecule has 4 N–H and O–H groups in total. The SMILES string of the molecule is NC(=O)CNC(=O)c1ccc(F)cc1C#CCO. The number of benzene rings is 1. The van der Waals surface area contributed by atoms with Gasteiger partial charge in [-0.3, -0.25) is 9.59 Å². The van der Waals surface area contributed by atoms with Crippen molar-refractivity contribution in [3.63, 3.8) is 0 Å². The molecule has 0 unspecified atom stereocenters. The first-order valence-corrected chi connectivity index (χ1v) is 5.00. The van der Waals surface area contributed by atoms with Gasteiger partial charge in [-0.25, -0.2) is 4.39 Å². The molecule has 2 amide bonds. The van der Waals surface area contributed by atoms with Crippen molar-refractivity contribution in [3.05, 3.63) is 35.1 Å². The molecular formula is C12H11FN2O3. The first kappa shape index (κ1) is 13.7. The zero-order valence-electron chi connectivity index (χ0n) is 9.37. The van der Waals surface area contributed by atoms with Crippen molar-refractivity contribution in [2.45, 2.75) is 0 Å². The molecule has 0 atom stereocenters. The molecule has 0 saturated carbocycles. The highest BCUT2D eigenvalue weighted by molar-refractivity contribution is 5.98. The van der Waals surface area contributed by atoms with Gasteiger partial charge in [0, 0.05) is 5.56 Å². The molecule has 0 fully saturated rings. The van der Waals surface area contributed by atoms with Gasteiger partial charge < -0.3 is 16.2 Å². The average Bonchev–Trinajstić information content (AvgIpc) is 2.33. The molecule has 0 aliphatic heterocycles. The number of hydrogen-bond acceptors (Lipinski definition) is 3. The molecule has 0 spiro atoms. The first-order valence-electron chi connectivity index (χ1n) is 5.00. The summed E-state index contributed by atoms with van der Waals surface area (Å²) in [4.78, 5) is 22.2. The fraction of sp³-hybridized carbons (Fsp3) is 0.167. The molecule has 1 rings (SSSR count). The van der Waals surface area contributed by atoms with E-state index in [0.29, 0.717) is 0 Å². The van der Waals surface area contributed by atoms with Gasteiger partial charge >= 0.3 is 0 Å². The highest BCUT2D eigenvalue weighted by atomic mass is 19.1. The van der Waals surface area contributed by atoms with Crippen LogP contribution in [0, 0.1) is 17.7 Å². The molecule has 0 heterocycles. The number of halogens is 1. The highest BCUT2D eigenvalue weighted by Gasteiger charge is 2.11. The molecule has 0 aromatic heterocycles. The van der Waals surface area contributed by atoms with Gasteiger partial charge in [-0.15, -0.1) is 0 Å². The minimum absolute atomic E-state index is 0.110. The smallest absolute Gasteiger partial charge is 0.252 e. The third-order valence-electron chi connectivity index (χ3n) is 1.95. The van der Waals surface area contributed by atoms with Crippen molar-refractivity contribution in [1.29, 1.82) is 0 Å². The number of aliphatic hydroxyl groups excluding tert-OH is 1. The van der Waals surface area contributed by atoms with Crippen molar-refractivity contribution in [1.82, 2.24) is 5.32 Å². The van der Waals surface area contributed by atoms with Gasteiger partial charge in [0.05, 0.1) is 12.1 Å². The van der Waals surface area contributed by atoms with E-state index in [1.165, 1.54) is 6.07 Å². The summed E-state index contributed by atoms with van der Waals surface area (Å²) < 4.78 is 13.0. The molecule has 0 aliphatic carbocycles. The van der Waals surface area contributed by atoms with E-state index in [1.807, 2.05) is 0 Å². The maximum atomic E-state index is 13.0. The van der Waals surface area contributed by atoms with Crippen LogP contribution in [-0.2, 0) is 4.79 Å². The Balaban J connectivity index is 2.99. The van der Waals surface area contributed by atoms with Crippen LogP contribution in [0.25, 0.3) is 0 Å². The Morgan fingerprint density at radius 2 is 2.17 bits per heavy atom. The number of carbonyl (C=O) groups is 2. The maximum absolute atomic E-state index is 13.0. The van der Waals surface area contributed by atoms with Gasteiger partial charge in [0.15, 0.2) is 0 Å². The van der Waals surface area contributed by atoms with Gasteiger partial charge in [-0.1, -0.05) is 11.8 Å². The summed E-state index contributed by atoms with van der Waals surface area (Å²) in [6.07, 6.45) is 0. The number of nitrogens with one attached hydrogen (secondary N) is 1. The number of carbonyl (C=O) groups excluding carboxylic acids is 2. The van der Waals surface area contributed by atoms with Crippen LogP contribution >= 0.6 is 0 Å². The lowest BCUT2D eigenvalue weighted by Gasteiger charge is -2.05. The Hall–Kier alpha value is -2.39. The summed E-state index contributed by atoms with van der Waals surface area (Å²) in [5, 5.41) is 10.8. The van der Waals surface area contributed by atoms with Gasteiger partial charge in [0.2, 0.25) is 5.91 Å². The Morgan fingerprint density at radius 3 is 2.78 bits per heavy atom. The van der Waals surface area contributed by atoms with Crippen molar-refractivity contribution >= 4 is 11.8 Å². The summed E-state index contributed by atoms with van der Waals surface area (Å²) in [6.45, 7) is -0.720. The van der Waals surface area contributed by atoms with Crippen LogP contribution in [0.5, 0.6) is 0 Å². The van der Waals surface area contributed by atoms with E-state index in [9.17, 15) is 14.0 Å². The quantitative estimate of drug-likeness (QED) is 0.624. The minimum atomic E-state index is -0.687. The predicted octanol–water partition coefficient (Wildman–Crippen LogP) is -0.615. The third kappa shape index (κ3) is 3.88. The predicted molar refractivity (Wildman–Crippen MR) is 61.9 cm³/mol. The fourth-order valence-corrected chi connectivity index (χ4v) is 1.22. The van der Waals surface area contributed by atoms with E-state index in [1.54, 1.807) is 0 Å². The van der Waals surface area contributed by atoms with E-state index in [-0.39, 0.29) is 17.7 Å².